The lowest BCUT2D eigenvalue weighted by Crippen LogP contribution is -2.20. The van der Waals surface area contributed by atoms with Crippen LogP contribution in [0.15, 0.2) is 30.3 Å². The summed E-state index contributed by atoms with van der Waals surface area (Å²) in [6.07, 6.45) is 1.88. The SMILES string of the molecule is Cc1cc(NC(=O)[C@H]2CCc3ccccc32)n(C)n1. The molecule has 1 aliphatic carbocycles. The van der Waals surface area contributed by atoms with Gasteiger partial charge in [-0.2, -0.15) is 5.10 Å². The first-order valence-electron chi connectivity index (χ1n) is 6.54. The van der Waals surface area contributed by atoms with Crippen LogP contribution in [0.2, 0.25) is 0 Å². The van der Waals surface area contributed by atoms with E-state index >= 15 is 0 Å². The van der Waals surface area contributed by atoms with Crippen molar-refractivity contribution in [3.8, 4) is 0 Å². The van der Waals surface area contributed by atoms with Crippen molar-refractivity contribution in [3.63, 3.8) is 0 Å². The number of rotatable bonds is 2. The van der Waals surface area contributed by atoms with Crippen molar-refractivity contribution in [2.45, 2.75) is 25.7 Å². The second-order valence-electron chi connectivity index (χ2n) is 5.07. The zero-order valence-electron chi connectivity index (χ0n) is 11.2. The molecule has 0 aliphatic heterocycles. The van der Waals surface area contributed by atoms with Gasteiger partial charge in [0.25, 0.3) is 0 Å². The molecule has 4 heteroatoms. The van der Waals surface area contributed by atoms with Gasteiger partial charge < -0.3 is 5.32 Å². The number of fused-ring (bicyclic) bond motifs is 1. The Balaban J connectivity index is 1.81. The van der Waals surface area contributed by atoms with E-state index < -0.39 is 0 Å². The van der Waals surface area contributed by atoms with E-state index in [1.807, 2.05) is 32.2 Å². The fraction of sp³-hybridized carbons (Fsp3) is 0.333. The number of hydrogen-bond donors (Lipinski definition) is 1. The number of nitrogens with zero attached hydrogens (tertiary/aromatic N) is 2. The molecule has 0 saturated heterocycles. The lowest BCUT2D eigenvalue weighted by atomic mass is 10.0. The molecular weight excluding hydrogens is 238 g/mol. The maximum Gasteiger partial charge on any atom is 0.233 e. The lowest BCUT2D eigenvalue weighted by molar-refractivity contribution is -0.117. The molecule has 1 aliphatic rings. The smallest absolute Gasteiger partial charge is 0.233 e. The number of aryl methyl sites for hydroxylation is 3. The topological polar surface area (TPSA) is 46.9 Å². The largest absolute Gasteiger partial charge is 0.310 e. The van der Waals surface area contributed by atoms with Gasteiger partial charge in [-0.15, -0.1) is 0 Å². The number of amides is 1. The summed E-state index contributed by atoms with van der Waals surface area (Å²) < 4.78 is 1.70. The number of hydrogen-bond acceptors (Lipinski definition) is 2. The molecular formula is C15H17N3O. The Morgan fingerprint density at radius 2 is 2.21 bits per heavy atom. The molecule has 0 radical (unpaired) electrons. The summed E-state index contributed by atoms with van der Waals surface area (Å²) in [5.41, 5.74) is 3.37. The normalized spacial score (nSPS) is 17.3. The van der Waals surface area contributed by atoms with Gasteiger partial charge in [0, 0.05) is 13.1 Å². The third-order valence-electron chi connectivity index (χ3n) is 3.70. The van der Waals surface area contributed by atoms with E-state index in [0.29, 0.717) is 0 Å². The summed E-state index contributed by atoms with van der Waals surface area (Å²) in [6.45, 7) is 1.92. The Kier molecular flexibility index (Phi) is 2.85. The van der Waals surface area contributed by atoms with Crippen molar-refractivity contribution in [1.82, 2.24) is 9.78 Å². The predicted molar refractivity (Wildman–Crippen MR) is 74.1 cm³/mol. The lowest BCUT2D eigenvalue weighted by Gasteiger charge is -2.12. The predicted octanol–water partition coefficient (Wildman–Crippen LogP) is 2.40. The van der Waals surface area contributed by atoms with E-state index in [1.165, 1.54) is 11.1 Å². The number of benzene rings is 1. The van der Waals surface area contributed by atoms with Gasteiger partial charge in [-0.05, 0) is 30.9 Å². The fourth-order valence-electron chi connectivity index (χ4n) is 2.77. The van der Waals surface area contributed by atoms with Crippen molar-refractivity contribution in [3.05, 3.63) is 47.2 Å². The van der Waals surface area contributed by atoms with Gasteiger partial charge >= 0.3 is 0 Å². The number of nitrogens with one attached hydrogen (secondary N) is 1. The highest BCUT2D eigenvalue weighted by Crippen LogP contribution is 2.33. The van der Waals surface area contributed by atoms with Gasteiger partial charge in [-0.3, -0.25) is 9.48 Å². The van der Waals surface area contributed by atoms with Crippen molar-refractivity contribution in [2.75, 3.05) is 5.32 Å². The average molecular weight is 255 g/mol. The summed E-state index contributed by atoms with van der Waals surface area (Å²) in [5, 5.41) is 7.21. The van der Waals surface area contributed by atoms with Gasteiger partial charge in [0.15, 0.2) is 0 Å². The minimum absolute atomic E-state index is 0.0357. The molecule has 0 spiro atoms. The van der Waals surface area contributed by atoms with E-state index in [-0.39, 0.29) is 11.8 Å². The molecule has 1 aromatic heterocycles. The highest BCUT2D eigenvalue weighted by Gasteiger charge is 2.28. The Morgan fingerprint density at radius 1 is 1.42 bits per heavy atom. The van der Waals surface area contributed by atoms with Crippen LogP contribution in [0.1, 0.15) is 29.2 Å². The molecule has 1 amide bonds. The second kappa shape index (κ2) is 4.53. The van der Waals surface area contributed by atoms with E-state index in [2.05, 4.69) is 22.5 Å². The Morgan fingerprint density at radius 3 is 2.95 bits per heavy atom. The van der Waals surface area contributed by atoms with Crippen molar-refractivity contribution in [1.29, 1.82) is 0 Å². The molecule has 98 valence electrons. The summed E-state index contributed by atoms with van der Waals surface area (Å²) in [5.74, 6) is 0.784. The first-order valence-corrected chi connectivity index (χ1v) is 6.54. The molecule has 3 rings (SSSR count). The van der Waals surface area contributed by atoms with Crippen LogP contribution in [-0.4, -0.2) is 15.7 Å². The zero-order valence-corrected chi connectivity index (χ0v) is 11.2. The number of anilines is 1. The molecule has 4 nitrogen and oxygen atoms in total. The van der Waals surface area contributed by atoms with Gasteiger partial charge in [0.1, 0.15) is 5.82 Å². The molecule has 0 saturated carbocycles. The average Bonchev–Trinajstić information content (AvgIpc) is 2.93. The van der Waals surface area contributed by atoms with Crippen LogP contribution < -0.4 is 5.32 Å². The fourth-order valence-corrected chi connectivity index (χ4v) is 2.77. The third kappa shape index (κ3) is 2.14. The molecule has 0 bridgehead atoms. The van der Waals surface area contributed by atoms with Crippen LogP contribution in [0.4, 0.5) is 5.82 Å². The first kappa shape index (κ1) is 12.0. The maximum absolute atomic E-state index is 12.4. The minimum atomic E-state index is -0.0357. The van der Waals surface area contributed by atoms with Gasteiger partial charge in [0.2, 0.25) is 5.91 Å². The summed E-state index contributed by atoms with van der Waals surface area (Å²) in [7, 11) is 1.84. The van der Waals surface area contributed by atoms with E-state index in [4.69, 9.17) is 0 Å². The van der Waals surface area contributed by atoms with Gasteiger partial charge in [-0.1, -0.05) is 24.3 Å². The zero-order chi connectivity index (χ0) is 13.4. The van der Waals surface area contributed by atoms with Crippen LogP contribution in [0.3, 0.4) is 0 Å². The minimum Gasteiger partial charge on any atom is -0.310 e. The Bertz CT molecular complexity index is 630. The second-order valence-corrected chi connectivity index (χ2v) is 5.07. The quantitative estimate of drug-likeness (QED) is 0.895. The molecule has 0 unspecified atom stereocenters. The summed E-state index contributed by atoms with van der Waals surface area (Å²) in [6, 6.07) is 10.1. The molecule has 1 atom stereocenters. The summed E-state index contributed by atoms with van der Waals surface area (Å²) >= 11 is 0. The van der Waals surface area contributed by atoms with Crippen molar-refractivity contribution >= 4 is 11.7 Å². The Labute approximate surface area is 112 Å². The van der Waals surface area contributed by atoms with Crippen LogP contribution in [0.25, 0.3) is 0 Å². The first-order chi connectivity index (χ1) is 9.15. The molecule has 2 aromatic rings. The number of carbonyl (C=O) groups is 1. The highest BCUT2D eigenvalue weighted by atomic mass is 16.2. The molecule has 1 aromatic carbocycles. The van der Waals surface area contributed by atoms with Gasteiger partial charge in [0.05, 0.1) is 11.6 Å². The number of carbonyl (C=O) groups excluding carboxylic acids is 1. The van der Waals surface area contributed by atoms with Crippen LogP contribution >= 0.6 is 0 Å². The van der Waals surface area contributed by atoms with Crippen molar-refractivity contribution < 1.29 is 4.79 Å². The van der Waals surface area contributed by atoms with Crippen molar-refractivity contribution in [2.24, 2.45) is 7.05 Å². The highest BCUT2D eigenvalue weighted by molar-refractivity contribution is 5.96. The number of aromatic nitrogens is 2. The monoisotopic (exact) mass is 255 g/mol. The molecule has 0 fully saturated rings. The third-order valence-corrected chi connectivity index (χ3v) is 3.70. The van der Waals surface area contributed by atoms with Crippen LogP contribution in [0.5, 0.6) is 0 Å². The van der Waals surface area contributed by atoms with Crippen LogP contribution in [-0.2, 0) is 18.3 Å². The van der Waals surface area contributed by atoms with Crippen LogP contribution in [0, 0.1) is 6.92 Å². The molecule has 1 heterocycles. The summed E-state index contributed by atoms with van der Waals surface area (Å²) in [4.78, 5) is 12.4. The molecule has 1 N–H and O–H groups in total. The van der Waals surface area contributed by atoms with E-state index in [1.54, 1.807) is 4.68 Å². The Hall–Kier alpha value is -2.10. The van der Waals surface area contributed by atoms with E-state index in [9.17, 15) is 4.79 Å². The maximum atomic E-state index is 12.4. The van der Waals surface area contributed by atoms with Gasteiger partial charge in [-0.25, -0.2) is 0 Å². The van der Waals surface area contributed by atoms with E-state index in [0.717, 1.165) is 24.4 Å². The molecule has 19 heavy (non-hydrogen) atoms. The standard InChI is InChI=1S/C15H17N3O/c1-10-9-14(18(2)17-10)16-15(19)13-8-7-11-5-3-4-6-12(11)13/h3-6,9,13H,7-8H2,1-2H3,(H,16,19)/t13-/m0/s1.